The van der Waals surface area contributed by atoms with Crippen molar-refractivity contribution in [3.63, 3.8) is 0 Å². The van der Waals surface area contributed by atoms with Crippen LogP contribution >= 0.6 is 0 Å². The van der Waals surface area contributed by atoms with Crippen molar-refractivity contribution >= 4 is 27.3 Å². The summed E-state index contributed by atoms with van der Waals surface area (Å²) in [6, 6.07) is 15.0. The molecule has 3 rings (SSSR count). The van der Waals surface area contributed by atoms with Gasteiger partial charge in [0.2, 0.25) is 15.7 Å². The van der Waals surface area contributed by atoms with Crippen molar-refractivity contribution in [2.24, 2.45) is 0 Å². The third-order valence-electron chi connectivity index (χ3n) is 4.88. The SMILES string of the molecule is CNC(=O)c1ccc(CN(CC(=O)Nc2ccc(S(=O)(=O)C(F)F)cc2)Cc2ccco2)cc1. The minimum Gasteiger partial charge on any atom is -0.468 e. The fourth-order valence-electron chi connectivity index (χ4n) is 3.19. The Morgan fingerprint density at radius 3 is 2.24 bits per heavy atom. The molecule has 0 fully saturated rings. The minimum atomic E-state index is -4.70. The van der Waals surface area contributed by atoms with Gasteiger partial charge in [0.05, 0.1) is 24.2 Å². The number of halogens is 2. The number of hydrogen-bond acceptors (Lipinski definition) is 6. The second-order valence-electron chi connectivity index (χ2n) is 7.38. The van der Waals surface area contributed by atoms with Gasteiger partial charge in [-0.3, -0.25) is 14.5 Å². The Kier molecular flexibility index (Phi) is 8.13. The first kappa shape index (κ1) is 25.1. The van der Waals surface area contributed by atoms with Crippen LogP contribution in [0, 0.1) is 0 Å². The van der Waals surface area contributed by atoms with E-state index in [0.717, 1.165) is 17.7 Å². The average Bonchev–Trinajstić information content (AvgIpc) is 3.32. The molecule has 0 atom stereocenters. The fourth-order valence-corrected chi connectivity index (χ4v) is 3.91. The molecule has 1 aromatic heterocycles. The van der Waals surface area contributed by atoms with Crippen LogP contribution in [0.1, 0.15) is 21.7 Å². The zero-order chi connectivity index (χ0) is 24.7. The number of anilines is 1. The van der Waals surface area contributed by atoms with Crippen molar-refractivity contribution in [2.45, 2.75) is 23.7 Å². The number of carbonyl (C=O) groups excluding carboxylic acids is 2. The van der Waals surface area contributed by atoms with Crippen LogP contribution in [0.4, 0.5) is 14.5 Å². The van der Waals surface area contributed by atoms with Crippen LogP contribution < -0.4 is 10.6 Å². The molecule has 3 aromatic rings. The van der Waals surface area contributed by atoms with E-state index in [1.807, 2.05) is 4.90 Å². The van der Waals surface area contributed by atoms with Gasteiger partial charge in [-0.25, -0.2) is 8.42 Å². The summed E-state index contributed by atoms with van der Waals surface area (Å²) in [5, 5.41) is 5.18. The molecule has 0 spiro atoms. The maximum Gasteiger partial charge on any atom is 0.341 e. The van der Waals surface area contributed by atoms with Gasteiger partial charge in [-0.2, -0.15) is 8.78 Å². The van der Waals surface area contributed by atoms with Gasteiger partial charge in [-0.1, -0.05) is 12.1 Å². The summed E-state index contributed by atoms with van der Waals surface area (Å²) in [5.74, 6) is -3.46. The summed E-state index contributed by atoms with van der Waals surface area (Å²) >= 11 is 0. The van der Waals surface area contributed by atoms with Crippen LogP contribution in [0.3, 0.4) is 0 Å². The summed E-state index contributed by atoms with van der Waals surface area (Å²) in [6.45, 7) is 0.686. The third kappa shape index (κ3) is 6.49. The van der Waals surface area contributed by atoms with Crippen LogP contribution in [0.5, 0.6) is 0 Å². The van der Waals surface area contributed by atoms with E-state index in [-0.39, 0.29) is 18.1 Å². The molecule has 0 aliphatic heterocycles. The number of furan rings is 1. The number of sulfone groups is 1. The van der Waals surface area contributed by atoms with Crippen molar-refractivity contribution in [3.05, 3.63) is 83.8 Å². The van der Waals surface area contributed by atoms with Crippen LogP contribution in [0.15, 0.2) is 76.2 Å². The quantitative estimate of drug-likeness (QED) is 0.451. The second-order valence-corrected chi connectivity index (χ2v) is 9.30. The number of nitrogens with zero attached hydrogens (tertiary/aromatic N) is 1. The first-order valence-corrected chi connectivity index (χ1v) is 11.7. The first-order chi connectivity index (χ1) is 16.2. The van der Waals surface area contributed by atoms with Gasteiger partial charge in [0.1, 0.15) is 5.76 Å². The molecule has 0 saturated heterocycles. The zero-order valence-corrected chi connectivity index (χ0v) is 19.0. The zero-order valence-electron chi connectivity index (χ0n) is 18.2. The molecule has 0 radical (unpaired) electrons. The van der Waals surface area contributed by atoms with E-state index in [1.165, 1.54) is 18.4 Å². The van der Waals surface area contributed by atoms with E-state index in [2.05, 4.69) is 10.6 Å². The lowest BCUT2D eigenvalue weighted by Gasteiger charge is -2.21. The summed E-state index contributed by atoms with van der Waals surface area (Å²) in [5.41, 5.74) is 1.65. The lowest BCUT2D eigenvalue weighted by molar-refractivity contribution is -0.117. The molecule has 180 valence electrons. The van der Waals surface area contributed by atoms with E-state index >= 15 is 0 Å². The molecule has 8 nitrogen and oxygen atoms in total. The highest BCUT2D eigenvalue weighted by Crippen LogP contribution is 2.20. The van der Waals surface area contributed by atoms with Gasteiger partial charge >= 0.3 is 5.76 Å². The van der Waals surface area contributed by atoms with Gasteiger partial charge in [-0.15, -0.1) is 0 Å². The van der Waals surface area contributed by atoms with E-state index < -0.39 is 26.4 Å². The van der Waals surface area contributed by atoms with Gasteiger partial charge in [0.15, 0.2) is 0 Å². The smallest absolute Gasteiger partial charge is 0.341 e. The van der Waals surface area contributed by atoms with E-state index in [1.54, 1.807) is 43.4 Å². The summed E-state index contributed by atoms with van der Waals surface area (Å²) < 4.78 is 53.8. The molecule has 0 aliphatic carbocycles. The number of amides is 2. The molecular weight excluding hydrogens is 468 g/mol. The Morgan fingerprint density at radius 2 is 1.68 bits per heavy atom. The largest absolute Gasteiger partial charge is 0.468 e. The van der Waals surface area contributed by atoms with Gasteiger partial charge in [0.25, 0.3) is 5.91 Å². The van der Waals surface area contributed by atoms with Crippen molar-refractivity contribution in [1.82, 2.24) is 10.2 Å². The Balaban J connectivity index is 1.68. The number of benzene rings is 2. The molecule has 2 amide bonds. The number of nitrogens with one attached hydrogen (secondary N) is 2. The monoisotopic (exact) mass is 491 g/mol. The van der Waals surface area contributed by atoms with E-state index in [0.29, 0.717) is 24.4 Å². The van der Waals surface area contributed by atoms with Crippen molar-refractivity contribution < 1.29 is 31.2 Å². The minimum absolute atomic E-state index is 0.0328. The molecule has 0 unspecified atom stereocenters. The molecule has 0 bridgehead atoms. The standard InChI is InChI=1S/C23H23F2N3O5S/c1-26-22(30)17-6-4-16(5-7-17)13-28(14-19-3-2-12-33-19)15-21(29)27-18-8-10-20(11-9-18)34(31,32)23(24)25/h2-12,23H,13-15H2,1H3,(H,26,30)(H,27,29). The molecule has 11 heteroatoms. The highest BCUT2D eigenvalue weighted by Gasteiger charge is 2.26. The number of alkyl halides is 2. The van der Waals surface area contributed by atoms with E-state index in [9.17, 15) is 26.8 Å². The van der Waals surface area contributed by atoms with Crippen LogP contribution in [0.2, 0.25) is 0 Å². The Bertz CT molecular complexity index is 1210. The highest BCUT2D eigenvalue weighted by molar-refractivity contribution is 7.91. The number of rotatable bonds is 10. The average molecular weight is 492 g/mol. The predicted octanol–water partition coefficient (Wildman–Crippen LogP) is 3.28. The normalized spacial score (nSPS) is 11.6. The highest BCUT2D eigenvalue weighted by atomic mass is 32.2. The Hall–Kier alpha value is -3.57. The second kappa shape index (κ2) is 11.0. The Labute approximate surface area is 195 Å². The topological polar surface area (TPSA) is 109 Å². The Morgan fingerprint density at radius 1 is 1.00 bits per heavy atom. The molecule has 1 heterocycles. The molecule has 34 heavy (non-hydrogen) atoms. The van der Waals surface area contributed by atoms with Gasteiger partial charge in [0, 0.05) is 24.8 Å². The van der Waals surface area contributed by atoms with E-state index in [4.69, 9.17) is 4.42 Å². The van der Waals surface area contributed by atoms with Crippen LogP contribution in [0.25, 0.3) is 0 Å². The lowest BCUT2D eigenvalue weighted by Crippen LogP contribution is -2.32. The van der Waals surface area contributed by atoms with Gasteiger partial charge in [-0.05, 0) is 54.1 Å². The van der Waals surface area contributed by atoms with Crippen molar-refractivity contribution in [2.75, 3.05) is 18.9 Å². The van der Waals surface area contributed by atoms with Crippen molar-refractivity contribution in [1.29, 1.82) is 0 Å². The van der Waals surface area contributed by atoms with Crippen LogP contribution in [-0.2, 0) is 27.7 Å². The third-order valence-corrected chi connectivity index (χ3v) is 6.28. The number of hydrogen-bond donors (Lipinski definition) is 2. The summed E-state index contributed by atoms with van der Waals surface area (Å²) in [4.78, 5) is 25.7. The van der Waals surface area contributed by atoms with Gasteiger partial charge < -0.3 is 15.1 Å². The first-order valence-electron chi connectivity index (χ1n) is 10.2. The predicted molar refractivity (Wildman–Crippen MR) is 121 cm³/mol. The number of carbonyl (C=O) groups is 2. The van der Waals surface area contributed by atoms with Crippen LogP contribution in [-0.4, -0.2) is 44.5 Å². The summed E-state index contributed by atoms with van der Waals surface area (Å²) in [7, 11) is -3.16. The van der Waals surface area contributed by atoms with Crippen molar-refractivity contribution in [3.8, 4) is 0 Å². The molecular formula is C23H23F2N3O5S. The fraction of sp³-hybridized carbons (Fsp3) is 0.217. The maximum atomic E-state index is 12.7. The molecule has 2 N–H and O–H groups in total. The summed E-state index contributed by atoms with van der Waals surface area (Å²) in [6.07, 6.45) is 1.53. The molecule has 2 aromatic carbocycles. The molecule has 0 saturated carbocycles. The molecule has 0 aliphatic rings. The maximum absolute atomic E-state index is 12.7. The lowest BCUT2D eigenvalue weighted by atomic mass is 10.1.